The van der Waals surface area contributed by atoms with Crippen LogP contribution in [0.2, 0.25) is 0 Å². The van der Waals surface area contributed by atoms with Crippen LogP contribution in [0.15, 0.2) is 48.2 Å². The van der Waals surface area contributed by atoms with Gasteiger partial charge in [-0.3, -0.25) is 4.40 Å². The molecule has 128 valence electrons. The summed E-state index contributed by atoms with van der Waals surface area (Å²) in [4.78, 5) is 17.6. The number of nitrogens with zero attached hydrogens (tertiary/aromatic N) is 4. The van der Waals surface area contributed by atoms with Gasteiger partial charge in [-0.05, 0) is 12.1 Å². The molecule has 3 aromatic heterocycles. The molecule has 0 fully saturated rings. The number of fused-ring (bicyclic) bond motifs is 1. The molecule has 8 heteroatoms. The molecule has 26 heavy (non-hydrogen) atoms. The third-order valence-electron chi connectivity index (χ3n) is 4.08. The molecule has 4 aromatic rings. The summed E-state index contributed by atoms with van der Waals surface area (Å²) >= 11 is 1.57. The van der Waals surface area contributed by atoms with E-state index in [0.717, 1.165) is 16.2 Å². The van der Waals surface area contributed by atoms with E-state index in [0.29, 0.717) is 5.69 Å². The van der Waals surface area contributed by atoms with Crippen LogP contribution < -0.4 is 5.73 Å². The highest BCUT2D eigenvalue weighted by Crippen LogP contribution is 2.27. The van der Waals surface area contributed by atoms with Crippen LogP contribution >= 0.6 is 11.3 Å². The zero-order valence-corrected chi connectivity index (χ0v) is 14.5. The van der Waals surface area contributed by atoms with Gasteiger partial charge in [0.05, 0.1) is 24.1 Å². The molecule has 0 spiro atoms. The number of hydrogen-bond acceptors (Lipinski definition) is 6. The van der Waals surface area contributed by atoms with Gasteiger partial charge in [0.2, 0.25) is 0 Å². The fourth-order valence-corrected chi connectivity index (χ4v) is 3.48. The maximum absolute atomic E-state index is 12.1. The van der Waals surface area contributed by atoms with Gasteiger partial charge in [-0.1, -0.05) is 12.1 Å². The molecule has 0 amide bonds. The number of methoxy groups -OCH3 is 1. The summed E-state index contributed by atoms with van der Waals surface area (Å²) in [6, 6.07) is 9.49. The molecule has 1 aromatic carbocycles. The van der Waals surface area contributed by atoms with Crippen molar-refractivity contribution in [2.75, 3.05) is 12.8 Å². The van der Waals surface area contributed by atoms with Crippen molar-refractivity contribution >= 4 is 28.0 Å². The first-order chi connectivity index (χ1) is 12.6. The van der Waals surface area contributed by atoms with Crippen LogP contribution in [0.4, 0.5) is 5.69 Å². The molecule has 0 aliphatic rings. The number of ether oxygens (including phenoxy) is 1. The first kappa shape index (κ1) is 15.9. The Balaban J connectivity index is 1.76. The van der Waals surface area contributed by atoms with E-state index in [1.807, 2.05) is 52.5 Å². The van der Waals surface area contributed by atoms with E-state index in [9.17, 15) is 10.1 Å². The van der Waals surface area contributed by atoms with E-state index in [1.165, 1.54) is 13.3 Å². The Bertz CT molecular complexity index is 1130. The van der Waals surface area contributed by atoms with Crippen LogP contribution in [-0.2, 0) is 4.74 Å². The van der Waals surface area contributed by atoms with E-state index in [2.05, 4.69) is 4.98 Å². The Morgan fingerprint density at radius 1 is 1.31 bits per heavy atom. The number of nitrogen functional groups attached to an aromatic ring is 1. The fraction of sp³-hybridized carbons (Fsp3) is 0.0556. The maximum Gasteiger partial charge on any atom is 0.357 e. The van der Waals surface area contributed by atoms with Gasteiger partial charge in [0.15, 0.2) is 10.7 Å². The average Bonchev–Trinajstić information content (AvgIpc) is 3.34. The van der Waals surface area contributed by atoms with Crippen molar-refractivity contribution in [3.63, 3.8) is 0 Å². The Morgan fingerprint density at radius 3 is 2.73 bits per heavy atom. The number of esters is 1. The minimum atomic E-state index is -0.595. The Labute approximate surface area is 152 Å². The van der Waals surface area contributed by atoms with E-state index >= 15 is 0 Å². The minimum Gasteiger partial charge on any atom is -0.464 e. The second-order valence-corrected chi connectivity index (χ2v) is 6.42. The van der Waals surface area contributed by atoms with Crippen LogP contribution in [-0.4, -0.2) is 27.0 Å². The Kier molecular flexibility index (Phi) is 3.71. The number of benzene rings is 1. The predicted molar refractivity (Wildman–Crippen MR) is 98.3 cm³/mol. The highest BCUT2D eigenvalue weighted by molar-refractivity contribution is 7.15. The lowest BCUT2D eigenvalue weighted by molar-refractivity contribution is 0.0593. The van der Waals surface area contributed by atoms with Crippen molar-refractivity contribution in [2.24, 2.45) is 0 Å². The molecular formula is C18H13N5O2S. The molecule has 0 saturated carbocycles. The predicted octanol–water partition coefficient (Wildman–Crippen LogP) is 3.09. The second kappa shape index (κ2) is 6.06. The van der Waals surface area contributed by atoms with E-state index in [1.54, 1.807) is 15.9 Å². The van der Waals surface area contributed by atoms with Gasteiger partial charge in [0, 0.05) is 35.2 Å². The van der Waals surface area contributed by atoms with Crippen LogP contribution in [0.5, 0.6) is 0 Å². The number of rotatable bonds is 3. The Hall–Kier alpha value is -3.57. The van der Waals surface area contributed by atoms with Gasteiger partial charge < -0.3 is 15.0 Å². The second-order valence-electron chi connectivity index (χ2n) is 5.54. The number of nitrogens with two attached hydrogens (primary N) is 1. The number of carbonyl (C=O) groups excluding carboxylic acids is 1. The highest BCUT2D eigenvalue weighted by Gasteiger charge is 2.21. The van der Waals surface area contributed by atoms with Crippen LogP contribution in [0.3, 0.4) is 0 Å². The molecule has 0 unspecified atom stereocenters. The zero-order chi connectivity index (χ0) is 18.3. The van der Waals surface area contributed by atoms with E-state index in [4.69, 9.17) is 10.5 Å². The monoisotopic (exact) mass is 363 g/mol. The largest absolute Gasteiger partial charge is 0.464 e. The lowest BCUT2D eigenvalue weighted by Gasteiger charge is -2.09. The smallest absolute Gasteiger partial charge is 0.357 e. The molecule has 0 bridgehead atoms. The van der Waals surface area contributed by atoms with Crippen molar-refractivity contribution in [1.82, 2.24) is 14.0 Å². The Morgan fingerprint density at radius 2 is 2.08 bits per heavy atom. The molecule has 3 heterocycles. The van der Waals surface area contributed by atoms with Gasteiger partial charge in [-0.25, -0.2) is 9.78 Å². The summed E-state index contributed by atoms with van der Waals surface area (Å²) in [6.45, 7) is 0. The lowest BCUT2D eigenvalue weighted by atomic mass is 10.1. The van der Waals surface area contributed by atoms with Gasteiger partial charge in [-0.2, -0.15) is 5.26 Å². The van der Waals surface area contributed by atoms with Gasteiger partial charge in [0.25, 0.3) is 0 Å². The van der Waals surface area contributed by atoms with Gasteiger partial charge >= 0.3 is 5.97 Å². The maximum atomic E-state index is 12.1. The number of thiazole rings is 1. The molecule has 0 atom stereocenters. The van der Waals surface area contributed by atoms with E-state index in [-0.39, 0.29) is 16.9 Å². The van der Waals surface area contributed by atoms with Crippen molar-refractivity contribution in [1.29, 1.82) is 5.26 Å². The number of nitriles is 1. The summed E-state index contributed by atoms with van der Waals surface area (Å²) < 4.78 is 8.33. The summed E-state index contributed by atoms with van der Waals surface area (Å²) in [5.74, 6) is -0.595. The molecule has 2 N–H and O–H groups in total. The summed E-state index contributed by atoms with van der Waals surface area (Å²) in [5.41, 5.74) is 8.91. The van der Waals surface area contributed by atoms with Crippen LogP contribution in [0.25, 0.3) is 21.9 Å². The van der Waals surface area contributed by atoms with Crippen LogP contribution in [0, 0.1) is 11.3 Å². The molecule has 7 nitrogen and oxygen atoms in total. The van der Waals surface area contributed by atoms with Crippen molar-refractivity contribution in [3.05, 3.63) is 59.5 Å². The molecule has 0 aliphatic carbocycles. The van der Waals surface area contributed by atoms with Crippen molar-refractivity contribution < 1.29 is 9.53 Å². The van der Waals surface area contributed by atoms with Gasteiger partial charge in [-0.15, -0.1) is 11.3 Å². The minimum absolute atomic E-state index is 0.109. The topological polar surface area (TPSA) is 98.3 Å². The third-order valence-corrected chi connectivity index (χ3v) is 4.85. The van der Waals surface area contributed by atoms with Crippen molar-refractivity contribution in [2.45, 2.75) is 0 Å². The number of imidazole rings is 1. The molecular weight excluding hydrogens is 350 g/mol. The summed E-state index contributed by atoms with van der Waals surface area (Å²) in [7, 11) is 1.28. The SMILES string of the molecule is COC(=O)c1c(N)c(C#N)cn1-c1ccc(-c2cn3ccsc3n2)cc1. The molecule has 0 aliphatic heterocycles. The highest BCUT2D eigenvalue weighted by atomic mass is 32.1. The molecule has 4 rings (SSSR count). The number of carbonyl (C=O) groups is 1. The van der Waals surface area contributed by atoms with Gasteiger partial charge in [0.1, 0.15) is 6.07 Å². The van der Waals surface area contributed by atoms with Crippen LogP contribution in [0.1, 0.15) is 16.1 Å². The first-order valence-corrected chi connectivity index (χ1v) is 8.52. The van der Waals surface area contributed by atoms with Crippen molar-refractivity contribution in [3.8, 4) is 23.0 Å². The number of anilines is 1. The third kappa shape index (κ3) is 2.42. The summed E-state index contributed by atoms with van der Waals surface area (Å²) in [5, 5.41) is 11.2. The quantitative estimate of drug-likeness (QED) is 0.564. The first-order valence-electron chi connectivity index (χ1n) is 7.64. The average molecular weight is 363 g/mol. The summed E-state index contributed by atoms with van der Waals surface area (Å²) in [6.07, 6.45) is 5.45. The van der Waals surface area contributed by atoms with E-state index < -0.39 is 5.97 Å². The number of aromatic nitrogens is 3. The molecule has 0 saturated heterocycles. The molecule has 0 radical (unpaired) electrons. The zero-order valence-electron chi connectivity index (χ0n) is 13.7. The fourth-order valence-electron chi connectivity index (χ4n) is 2.78. The standard InChI is InChI=1S/C18H13N5O2S/c1-25-17(24)16-15(20)12(8-19)9-23(16)13-4-2-11(3-5-13)14-10-22-6-7-26-18(22)21-14/h2-7,9-10H,20H2,1H3. The normalized spacial score (nSPS) is 10.8. The number of hydrogen-bond donors (Lipinski definition) is 1. The lowest BCUT2D eigenvalue weighted by Crippen LogP contribution is -2.11.